The fraction of sp³-hybridized carbons (Fsp3) is 0. The third-order valence-electron chi connectivity index (χ3n) is 5.15. The maximum Gasteiger partial charge on any atom is 0.269 e. The van der Waals surface area contributed by atoms with Crippen molar-refractivity contribution in [2.24, 2.45) is 0 Å². The van der Waals surface area contributed by atoms with Crippen molar-refractivity contribution in [1.82, 2.24) is 0 Å². The van der Waals surface area contributed by atoms with E-state index in [4.69, 9.17) is 0 Å². The average Bonchev–Trinajstić information content (AvgIpc) is 2.84. The molecule has 0 unspecified atom stereocenters. The van der Waals surface area contributed by atoms with E-state index in [1.807, 2.05) is 0 Å². The summed E-state index contributed by atoms with van der Waals surface area (Å²) >= 11 is 0. The number of nitrogens with zero attached hydrogens (tertiary/aromatic N) is 2. The zero-order valence-corrected chi connectivity index (χ0v) is 17.8. The van der Waals surface area contributed by atoms with Gasteiger partial charge in [0.1, 0.15) is 0 Å². The third kappa shape index (κ3) is 4.48. The van der Waals surface area contributed by atoms with Gasteiger partial charge in [-0.2, -0.15) is 0 Å². The van der Waals surface area contributed by atoms with E-state index >= 15 is 0 Å². The van der Waals surface area contributed by atoms with Crippen LogP contribution in [0.5, 0.6) is 0 Å². The number of benzene rings is 4. The summed E-state index contributed by atoms with van der Waals surface area (Å²) in [7, 11) is -3.75. The van der Waals surface area contributed by atoms with Crippen LogP contribution >= 0.6 is 0 Å². The van der Waals surface area contributed by atoms with Gasteiger partial charge in [0.25, 0.3) is 11.4 Å². The first-order chi connectivity index (χ1) is 15.8. The van der Waals surface area contributed by atoms with E-state index in [0.29, 0.717) is 0 Å². The highest BCUT2D eigenvalue weighted by Crippen LogP contribution is 2.28. The molecule has 4 rings (SSSR count). The summed E-state index contributed by atoms with van der Waals surface area (Å²) in [6.45, 7) is 0. The van der Waals surface area contributed by atoms with E-state index < -0.39 is 19.7 Å². The molecule has 9 heteroatoms. The summed E-state index contributed by atoms with van der Waals surface area (Å²) in [5.74, 6) is 0. The highest BCUT2D eigenvalue weighted by Gasteiger charge is 2.18. The minimum absolute atomic E-state index is 0.0184. The molecular formula is C24H16N2O6S. The largest absolute Gasteiger partial charge is 0.269 e. The van der Waals surface area contributed by atoms with E-state index in [9.17, 15) is 28.6 Å². The van der Waals surface area contributed by atoms with Gasteiger partial charge in [0, 0.05) is 24.3 Å². The van der Waals surface area contributed by atoms with Crippen LogP contribution in [0.2, 0.25) is 0 Å². The average molecular weight is 460 g/mol. The minimum Gasteiger partial charge on any atom is -0.258 e. The van der Waals surface area contributed by atoms with Crippen LogP contribution in [0.4, 0.5) is 11.4 Å². The third-order valence-corrected chi connectivity index (χ3v) is 6.94. The number of non-ortho nitro benzene ring substituents is 2. The van der Waals surface area contributed by atoms with Gasteiger partial charge in [-0.25, -0.2) is 8.42 Å². The van der Waals surface area contributed by atoms with E-state index in [0.717, 1.165) is 22.3 Å². The SMILES string of the molecule is O=[N+]([O-])c1ccc(-c2ccc(S(=O)(=O)c3ccc(-c4ccc([N+](=O)[O-])cc4)cc3)cc2)cc1. The minimum atomic E-state index is -3.75. The Morgan fingerprint density at radius 2 is 0.697 bits per heavy atom. The van der Waals surface area contributed by atoms with Crippen LogP contribution in [0, 0.1) is 20.2 Å². The lowest BCUT2D eigenvalue weighted by Crippen LogP contribution is -2.01. The van der Waals surface area contributed by atoms with Crippen molar-refractivity contribution in [3.05, 3.63) is 117 Å². The number of hydrogen-bond acceptors (Lipinski definition) is 6. The molecule has 0 aromatic heterocycles. The Morgan fingerprint density at radius 1 is 0.455 bits per heavy atom. The summed E-state index contributed by atoms with van der Waals surface area (Å²) in [6, 6.07) is 24.6. The van der Waals surface area contributed by atoms with Gasteiger partial charge in [-0.1, -0.05) is 24.3 Å². The zero-order chi connectivity index (χ0) is 23.6. The molecule has 164 valence electrons. The van der Waals surface area contributed by atoms with Crippen LogP contribution in [-0.4, -0.2) is 18.3 Å². The Hall–Kier alpha value is -4.37. The molecule has 0 spiro atoms. The summed E-state index contributed by atoms with van der Waals surface area (Å²) in [5, 5.41) is 21.6. The maximum absolute atomic E-state index is 13.0. The molecule has 0 aliphatic carbocycles. The Labute approximate surface area is 189 Å². The first kappa shape index (κ1) is 21.8. The molecule has 0 saturated heterocycles. The highest BCUT2D eigenvalue weighted by molar-refractivity contribution is 7.91. The van der Waals surface area contributed by atoms with Crippen LogP contribution in [-0.2, 0) is 9.84 Å². The van der Waals surface area contributed by atoms with Gasteiger partial charge in [-0.15, -0.1) is 0 Å². The molecular weight excluding hydrogens is 444 g/mol. The van der Waals surface area contributed by atoms with Crippen LogP contribution < -0.4 is 0 Å². The molecule has 0 radical (unpaired) electrons. The van der Waals surface area contributed by atoms with Crippen LogP contribution in [0.25, 0.3) is 22.3 Å². The van der Waals surface area contributed by atoms with E-state index in [1.165, 1.54) is 48.5 Å². The van der Waals surface area contributed by atoms with Crippen molar-refractivity contribution in [3.8, 4) is 22.3 Å². The second-order valence-electron chi connectivity index (χ2n) is 7.16. The Balaban J connectivity index is 1.56. The molecule has 4 aromatic carbocycles. The van der Waals surface area contributed by atoms with E-state index in [2.05, 4.69) is 0 Å². The van der Waals surface area contributed by atoms with Gasteiger partial charge in [0.2, 0.25) is 9.84 Å². The Kier molecular flexibility index (Phi) is 5.72. The predicted octanol–water partition coefficient (Wildman–Crippen LogP) is 5.67. The molecule has 0 fully saturated rings. The molecule has 0 aliphatic rings. The van der Waals surface area contributed by atoms with Crippen LogP contribution in [0.3, 0.4) is 0 Å². The number of nitro benzene ring substituents is 2. The lowest BCUT2D eigenvalue weighted by Gasteiger charge is -2.08. The predicted molar refractivity (Wildman–Crippen MR) is 123 cm³/mol. The molecule has 0 N–H and O–H groups in total. The molecule has 33 heavy (non-hydrogen) atoms. The lowest BCUT2D eigenvalue weighted by molar-refractivity contribution is -0.385. The molecule has 0 saturated carbocycles. The fourth-order valence-corrected chi connectivity index (χ4v) is 4.60. The normalized spacial score (nSPS) is 11.2. The molecule has 8 nitrogen and oxygen atoms in total. The number of hydrogen-bond donors (Lipinski definition) is 0. The van der Waals surface area contributed by atoms with Gasteiger partial charge in [-0.3, -0.25) is 20.2 Å². The number of nitro groups is 2. The molecule has 0 aliphatic heterocycles. The first-order valence-corrected chi connectivity index (χ1v) is 11.2. The quantitative estimate of drug-likeness (QED) is 0.270. The lowest BCUT2D eigenvalue weighted by atomic mass is 10.1. The maximum atomic E-state index is 13.0. The summed E-state index contributed by atoms with van der Waals surface area (Å²) in [5.41, 5.74) is 2.90. The zero-order valence-electron chi connectivity index (χ0n) is 17.0. The van der Waals surface area contributed by atoms with Crippen molar-refractivity contribution >= 4 is 21.2 Å². The molecule has 0 amide bonds. The van der Waals surface area contributed by atoms with Crippen molar-refractivity contribution in [2.45, 2.75) is 9.79 Å². The topological polar surface area (TPSA) is 120 Å². The summed E-state index contributed by atoms with van der Waals surface area (Å²) in [4.78, 5) is 20.9. The molecule has 0 bridgehead atoms. The van der Waals surface area contributed by atoms with Crippen molar-refractivity contribution in [2.75, 3.05) is 0 Å². The van der Waals surface area contributed by atoms with Crippen molar-refractivity contribution in [1.29, 1.82) is 0 Å². The summed E-state index contributed by atoms with van der Waals surface area (Å²) < 4.78 is 26.0. The van der Waals surface area contributed by atoms with Crippen LogP contribution in [0.15, 0.2) is 107 Å². The molecule has 0 atom stereocenters. The van der Waals surface area contributed by atoms with Gasteiger partial charge < -0.3 is 0 Å². The second-order valence-corrected chi connectivity index (χ2v) is 9.11. The van der Waals surface area contributed by atoms with Gasteiger partial charge in [0.05, 0.1) is 19.6 Å². The smallest absolute Gasteiger partial charge is 0.258 e. The summed E-state index contributed by atoms with van der Waals surface area (Å²) in [6.07, 6.45) is 0. The number of sulfone groups is 1. The van der Waals surface area contributed by atoms with Gasteiger partial charge >= 0.3 is 0 Å². The highest BCUT2D eigenvalue weighted by atomic mass is 32.2. The van der Waals surface area contributed by atoms with E-state index in [-0.39, 0.29) is 21.2 Å². The molecule has 0 heterocycles. The fourth-order valence-electron chi connectivity index (χ4n) is 3.34. The van der Waals surface area contributed by atoms with Crippen LogP contribution in [0.1, 0.15) is 0 Å². The van der Waals surface area contributed by atoms with E-state index in [1.54, 1.807) is 48.5 Å². The van der Waals surface area contributed by atoms with Gasteiger partial charge in [-0.05, 0) is 70.8 Å². The van der Waals surface area contributed by atoms with Gasteiger partial charge in [0.15, 0.2) is 0 Å². The Morgan fingerprint density at radius 3 is 0.939 bits per heavy atom. The number of rotatable bonds is 6. The standard InChI is InChI=1S/C24H16N2O6S/c27-25(28)21-9-1-17(2-10-21)19-5-13-23(14-6-19)33(31,32)24-15-7-20(8-16-24)18-3-11-22(12-4-18)26(29)30/h1-16H. The second kappa shape index (κ2) is 8.64. The Bertz CT molecular complexity index is 1320. The monoisotopic (exact) mass is 460 g/mol. The molecule has 4 aromatic rings. The van der Waals surface area contributed by atoms with Crippen molar-refractivity contribution in [3.63, 3.8) is 0 Å². The first-order valence-electron chi connectivity index (χ1n) is 9.70. The van der Waals surface area contributed by atoms with Crippen molar-refractivity contribution < 1.29 is 18.3 Å².